The zero-order valence-electron chi connectivity index (χ0n) is 9.58. The second-order valence-corrected chi connectivity index (χ2v) is 5.88. The monoisotopic (exact) mass is 273 g/mol. The molecule has 2 saturated carbocycles. The lowest BCUT2D eigenvalue weighted by Crippen LogP contribution is -2.41. The Balaban J connectivity index is 1.96. The predicted molar refractivity (Wildman–Crippen MR) is 65.0 cm³/mol. The van der Waals surface area contributed by atoms with Crippen molar-refractivity contribution in [2.45, 2.75) is 38.6 Å². The summed E-state index contributed by atoms with van der Waals surface area (Å²) in [4.78, 5) is 14.2. The van der Waals surface area contributed by atoms with Gasteiger partial charge in [-0.1, -0.05) is 22.4 Å². The number of fused-ring (bicyclic) bond motifs is 2. The van der Waals surface area contributed by atoms with Crippen molar-refractivity contribution in [2.24, 2.45) is 17.8 Å². The standard InChI is InChI=1S/C12H20BrNO/c1-8(7-13)14(2)12(15)11-6-9-3-4-10(11)5-9/h8-11H,3-7H2,1-2H3. The molecule has 15 heavy (non-hydrogen) atoms. The summed E-state index contributed by atoms with van der Waals surface area (Å²) in [7, 11) is 1.94. The highest BCUT2D eigenvalue weighted by atomic mass is 79.9. The Bertz CT molecular complexity index is 256. The number of hydrogen-bond donors (Lipinski definition) is 0. The van der Waals surface area contributed by atoms with Crippen molar-refractivity contribution in [1.29, 1.82) is 0 Å². The third-order valence-electron chi connectivity index (χ3n) is 4.29. The van der Waals surface area contributed by atoms with Crippen LogP contribution >= 0.6 is 15.9 Å². The first kappa shape index (κ1) is 11.4. The van der Waals surface area contributed by atoms with Crippen LogP contribution in [0.4, 0.5) is 0 Å². The van der Waals surface area contributed by atoms with Crippen molar-refractivity contribution in [3.63, 3.8) is 0 Å². The number of amides is 1. The SMILES string of the molecule is CC(CBr)N(C)C(=O)C1CC2CCC1C2. The number of carbonyl (C=O) groups is 1. The average molecular weight is 274 g/mol. The lowest BCUT2D eigenvalue weighted by Gasteiger charge is -2.30. The topological polar surface area (TPSA) is 20.3 Å². The Morgan fingerprint density at radius 1 is 1.47 bits per heavy atom. The van der Waals surface area contributed by atoms with E-state index in [1.54, 1.807) is 0 Å². The van der Waals surface area contributed by atoms with Crippen molar-refractivity contribution >= 4 is 21.8 Å². The van der Waals surface area contributed by atoms with Gasteiger partial charge in [0.2, 0.25) is 5.91 Å². The molecule has 1 amide bonds. The van der Waals surface area contributed by atoms with E-state index in [0.29, 0.717) is 23.8 Å². The summed E-state index contributed by atoms with van der Waals surface area (Å²) in [6.45, 7) is 2.10. The van der Waals surface area contributed by atoms with Gasteiger partial charge >= 0.3 is 0 Å². The molecule has 0 heterocycles. The van der Waals surface area contributed by atoms with Gasteiger partial charge in [-0.15, -0.1) is 0 Å². The quantitative estimate of drug-likeness (QED) is 0.724. The van der Waals surface area contributed by atoms with Crippen molar-refractivity contribution in [1.82, 2.24) is 4.90 Å². The molecule has 2 aliphatic carbocycles. The van der Waals surface area contributed by atoms with Gasteiger partial charge in [0.25, 0.3) is 0 Å². The molecule has 3 heteroatoms. The fourth-order valence-corrected chi connectivity index (χ4v) is 3.56. The van der Waals surface area contributed by atoms with E-state index in [-0.39, 0.29) is 0 Å². The van der Waals surface area contributed by atoms with Gasteiger partial charge in [0, 0.05) is 24.3 Å². The molecule has 4 unspecified atom stereocenters. The molecule has 2 bridgehead atoms. The molecule has 0 aliphatic heterocycles. The van der Waals surface area contributed by atoms with Gasteiger partial charge in [-0.2, -0.15) is 0 Å². The molecule has 4 atom stereocenters. The molecule has 0 aromatic carbocycles. The van der Waals surface area contributed by atoms with Gasteiger partial charge in [0.15, 0.2) is 0 Å². The average Bonchev–Trinajstić information content (AvgIpc) is 2.87. The summed E-state index contributed by atoms with van der Waals surface area (Å²) in [6, 6.07) is 0.316. The van der Waals surface area contributed by atoms with E-state index in [4.69, 9.17) is 0 Å². The molecule has 0 saturated heterocycles. The van der Waals surface area contributed by atoms with Gasteiger partial charge in [-0.05, 0) is 38.0 Å². The number of halogens is 1. The number of alkyl halides is 1. The Kier molecular flexibility index (Phi) is 3.39. The van der Waals surface area contributed by atoms with Crippen LogP contribution in [0, 0.1) is 17.8 Å². The number of nitrogens with zero attached hydrogens (tertiary/aromatic N) is 1. The summed E-state index contributed by atoms with van der Waals surface area (Å²) >= 11 is 3.44. The first-order valence-electron chi connectivity index (χ1n) is 5.96. The van der Waals surface area contributed by atoms with Crippen LogP contribution in [0.1, 0.15) is 32.6 Å². The van der Waals surface area contributed by atoms with E-state index >= 15 is 0 Å². The molecular formula is C12H20BrNO. The zero-order valence-corrected chi connectivity index (χ0v) is 11.2. The fraction of sp³-hybridized carbons (Fsp3) is 0.917. The molecule has 2 fully saturated rings. The van der Waals surface area contributed by atoms with Gasteiger partial charge in [-0.25, -0.2) is 0 Å². The maximum absolute atomic E-state index is 12.2. The molecule has 0 radical (unpaired) electrons. The molecular weight excluding hydrogens is 254 g/mol. The minimum Gasteiger partial charge on any atom is -0.342 e. The second-order valence-electron chi connectivity index (χ2n) is 5.23. The van der Waals surface area contributed by atoms with E-state index in [0.717, 1.165) is 17.7 Å². The Labute approximate surface area is 101 Å². The first-order chi connectivity index (χ1) is 7.13. The number of hydrogen-bond acceptors (Lipinski definition) is 1. The van der Waals surface area contributed by atoms with Crippen molar-refractivity contribution in [3.05, 3.63) is 0 Å². The van der Waals surface area contributed by atoms with Crippen LogP contribution in [0.15, 0.2) is 0 Å². The fourth-order valence-electron chi connectivity index (χ4n) is 3.13. The third-order valence-corrected chi connectivity index (χ3v) is 5.22. The highest BCUT2D eigenvalue weighted by Gasteiger charge is 2.44. The van der Waals surface area contributed by atoms with E-state index < -0.39 is 0 Å². The van der Waals surface area contributed by atoms with Gasteiger partial charge < -0.3 is 4.90 Å². The first-order valence-corrected chi connectivity index (χ1v) is 7.08. The minimum atomic E-state index is 0.316. The van der Waals surface area contributed by atoms with Crippen molar-refractivity contribution in [3.8, 4) is 0 Å². The van der Waals surface area contributed by atoms with Gasteiger partial charge in [0.05, 0.1) is 0 Å². The summed E-state index contributed by atoms with van der Waals surface area (Å²) in [5.41, 5.74) is 0. The van der Waals surface area contributed by atoms with Gasteiger partial charge in [0.1, 0.15) is 0 Å². The summed E-state index contributed by atoms with van der Waals surface area (Å²) < 4.78 is 0. The summed E-state index contributed by atoms with van der Waals surface area (Å²) in [5, 5.41) is 0.871. The smallest absolute Gasteiger partial charge is 0.225 e. The Morgan fingerprint density at radius 3 is 2.67 bits per heavy atom. The maximum atomic E-state index is 12.2. The molecule has 86 valence electrons. The summed E-state index contributed by atoms with van der Waals surface area (Å²) in [5.74, 6) is 2.29. The molecule has 0 aromatic heterocycles. The van der Waals surface area contributed by atoms with Crippen LogP contribution in [0.2, 0.25) is 0 Å². The Morgan fingerprint density at radius 2 is 2.20 bits per heavy atom. The lowest BCUT2D eigenvalue weighted by molar-refractivity contribution is -0.137. The predicted octanol–water partition coefficient (Wildman–Crippen LogP) is 2.66. The Hall–Kier alpha value is -0.0500. The van der Waals surface area contributed by atoms with Crippen LogP contribution in [0.5, 0.6) is 0 Å². The van der Waals surface area contributed by atoms with Crippen LogP contribution in [0.25, 0.3) is 0 Å². The van der Waals surface area contributed by atoms with Crippen molar-refractivity contribution in [2.75, 3.05) is 12.4 Å². The molecule has 0 spiro atoms. The van der Waals surface area contributed by atoms with Crippen LogP contribution in [-0.2, 0) is 4.79 Å². The van der Waals surface area contributed by atoms with E-state index in [1.165, 1.54) is 19.3 Å². The van der Waals surface area contributed by atoms with Crippen LogP contribution in [0.3, 0.4) is 0 Å². The molecule has 0 aromatic rings. The van der Waals surface area contributed by atoms with E-state index in [2.05, 4.69) is 22.9 Å². The second kappa shape index (κ2) is 4.44. The maximum Gasteiger partial charge on any atom is 0.225 e. The van der Waals surface area contributed by atoms with Crippen molar-refractivity contribution < 1.29 is 4.79 Å². The highest BCUT2D eigenvalue weighted by Crippen LogP contribution is 2.48. The highest BCUT2D eigenvalue weighted by molar-refractivity contribution is 9.09. The molecule has 2 rings (SSSR count). The van der Waals surface area contributed by atoms with Gasteiger partial charge in [-0.3, -0.25) is 4.79 Å². The number of carbonyl (C=O) groups excluding carboxylic acids is 1. The van der Waals surface area contributed by atoms with E-state index in [1.807, 2.05) is 11.9 Å². The molecule has 2 aliphatic rings. The van der Waals surface area contributed by atoms with E-state index in [9.17, 15) is 4.79 Å². The largest absolute Gasteiger partial charge is 0.342 e. The lowest BCUT2D eigenvalue weighted by atomic mass is 9.87. The molecule has 2 nitrogen and oxygen atoms in total. The van der Waals surface area contributed by atoms with Crippen LogP contribution < -0.4 is 0 Å². The normalized spacial score (nSPS) is 35.5. The summed E-state index contributed by atoms with van der Waals surface area (Å²) in [6.07, 6.45) is 5.12. The minimum absolute atomic E-state index is 0.316. The zero-order chi connectivity index (χ0) is 11.0. The molecule has 0 N–H and O–H groups in total. The number of rotatable bonds is 3. The third kappa shape index (κ3) is 2.08. The van der Waals surface area contributed by atoms with Crippen LogP contribution in [-0.4, -0.2) is 29.2 Å².